The van der Waals surface area contributed by atoms with Gasteiger partial charge in [-0.05, 0) is 24.6 Å². The predicted octanol–water partition coefficient (Wildman–Crippen LogP) is 2.75. The second-order valence-corrected chi connectivity index (χ2v) is 3.74. The molecular formula is C12H10N2O4. The molecule has 0 saturated heterocycles. The highest BCUT2D eigenvalue weighted by Gasteiger charge is 2.17. The van der Waals surface area contributed by atoms with Crippen LogP contribution in [0.25, 0.3) is 0 Å². The molecule has 0 radical (unpaired) electrons. The third-order valence-electron chi connectivity index (χ3n) is 2.38. The van der Waals surface area contributed by atoms with Gasteiger partial charge in [-0.1, -0.05) is 6.07 Å². The zero-order valence-electron chi connectivity index (χ0n) is 9.54. The van der Waals surface area contributed by atoms with E-state index in [1.165, 1.54) is 30.7 Å². The summed E-state index contributed by atoms with van der Waals surface area (Å²) in [6.07, 6.45) is 2.63. The van der Waals surface area contributed by atoms with E-state index in [1.54, 1.807) is 13.0 Å². The van der Waals surface area contributed by atoms with Crippen molar-refractivity contribution in [1.82, 2.24) is 0 Å². The molecule has 0 aliphatic carbocycles. The molecule has 1 heterocycles. The first-order valence-corrected chi connectivity index (χ1v) is 5.16. The Bertz CT molecular complexity index is 590. The van der Waals surface area contributed by atoms with Crippen LogP contribution in [0.2, 0.25) is 0 Å². The molecule has 0 bridgehead atoms. The van der Waals surface area contributed by atoms with Crippen LogP contribution in [0.5, 0.6) is 0 Å². The van der Waals surface area contributed by atoms with Crippen LogP contribution in [0.15, 0.2) is 41.2 Å². The molecule has 6 heteroatoms. The third kappa shape index (κ3) is 2.37. The Morgan fingerprint density at radius 2 is 2.17 bits per heavy atom. The van der Waals surface area contributed by atoms with Gasteiger partial charge in [-0.2, -0.15) is 0 Å². The topological polar surface area (TPSA) is 85.4 Å². The molecule has 0 aliphatic rings. The minimum absolute atomic E-state index is 0.133. The van der Waals surface area contributed by atoms with Crippen LogP contribution >= 0.6 is 0 Å². The van der Waals surface area contributed by atoms with Crippen molar-refractivity contribution in [3.05, 3.63) is 58.0 Å². The lowest BCUT2D eigenvalue weighted by atomic mass is 10.2. The second-order valence-electron chi connectivity index (χ2n) is 3.74. The summed E-state index contributed by atoms with van der Waals surface area (Å²) in [5.41, 5.74) is 1.09. The highest BCUT2D eigenvalue weighted by Crippen LogP contribution is 2.25. The average Bonchev–Trinajstić information content (AvgIpc) is 2.84. The van der Waals surface area contributed by atoms with Crippen molar-refractivity contribution in [2.24, 2.45) is 0 Å². The average molecular weight is 246 g/mol. The van der Waals surface area contributed by atoms with Crippen LogP contribution in [0.4, 0.5) is 11.4 Å². The number of nitrogens with zero attached hydrogens (tertiary/aromatic N) is 1. The molecule has 0 atom stereocenters. The maximum Gasteiger partial charge on any atom is 0.293 e. The van der Waals surface area contributed by atoms with E-state index in [0.717, 1.165) is 5.56 Å². The molecule has 1 N–H and O–H groups in total. The quantitative estimate of drug-likeness (QED) is 0.666. The lowest BCUT2D eigenvalue weighted by Crippen LogP contribution is -2.12. The zero-order chi connectivity index (χ0) is 13.1. The summed E-state index contributed by atoms with van der Waals surface area (Å²) < 4.78 is 4.78. The zero-order valence-corrected chi connectivity index (χ0v) is 9.54. The Morgan fingerprint density at radius 3 is 2.78 bits per heavy atom. The van der Waals surface area contributed by atoms with E-state index in [9.17, 15) is 14.9 Å². The SMILES string of the molecule is Cc1ccc(NC(=O)c2ccoc2)c([N+](=O)[O-])c1. The highest BCUT2D eigenvalue weighted by molar-refractivity contribution is 6.05. The monoisotopic (exact) mass is 246 g/mol. The number of anilines is 1. The van der Waals surface area contributed by atoms with Gasteiger partial charge >= 0.3 is 0 Å². The van der Waals surface area contributed by atoms with E-state index in [1.807, 2.05) is 0 Å². The molecule has 0 saturated carbocycles. The number of carbonyl (C=O) groups excluding carboxylic acids is 1. The normalized spacial score (nSPS) is 10.1. The van der Waals surface area contributed by atoms with Gasteiger partial charge in [-0.15, -0.1) is 0 Å². The molecule has 2 rings (SSSR count). The number of nitro benzene ring substituents is 1. The van der Waals surface area contributed by atoms with Crippen molar-refractivity contribution in [1.29, 1.82) is 0 Å². The molecule has 18 heavy (non-hydrogen) atoms. The lowest BCUT2D eigenvalue weighted by Gasteiger charge is -2.05. The standard InChI is InChI=1S/C12H10N2O4/c1-8-2-3-10(11(6-8)14(16)17)13-12(15)9-4-5-18-7-9/h2-7H,1H3,(H,13,15). The summed E-state index contributed by atoms with van der Waals surface area (Å²) in [6, 6.07) is 6.09. The molecule has 1 aromatic heterocycles. The maximum atomic E-state index is 11.7. The summed E-state index contributed by atoms with van der Waals surface area (Å²) in [5, 5.41) is 13.4. The van der Waals surface area contributed by atoms with Crippen molar-refractivity contribution < 1.29 is 14.1 Å². The van der Waals surface area contributed by atoms with E-state index < -0.39 is 10.8 Å². The number of amides is 1. The van der Waals surface area contributed by atoms with Crippen LogP contribution in [0.1, 0.15) is 15.9 Å². The van der Waals surface area contributed by atoms with E-state index in [4.69, 9.17) is 4.42 Å². The Morgan fingerprint density at radius 1 is 1.39 bits per heavy atom. The number of aryl methyl sites for hydroxylation is 1. The molecule has 6 nitrogen and oxygen atoms in total. The fourth-order valence-electron chi connectivity index (χ4n) is 1.49. The van der Waals surface area contributed by atoms with E-state index in [2.05, 4.69) is 5.32 Å². The fraction of sp³-hybridized carbons (Fsp3) is 0.0833. The summed E-state index contributed by atoms with van der Waals surface area (Å²) in [7, 11) is 0. The van der Waals surface area contributed by atoms with Gasteiger partial charge in [-0.25, -0.2) is 0 Å². The Hall–Kier alpha value is -2.63. The van der Waals surface area contributed by atoms with Crippen LogP contribution < -0.4 is 5.32 Å². The number of furan rings is 1. The van der Waals surface area contributed by atoms with Gasteiger partial charge < -0.3 is 9.73 Å². The second kappa shape index (κ2) is 4.70. The summed E-state index contributed by atoms with van der Waals surface area (Å²) >= 11 is 0. The van der Waals surface area contributed by atoms with Crippen LogP contribution in [0.3, 0.4) is 0 Å². The number of hydrogen-bond donors (Lipinski definition) is 1. The summed E-state index contributed by atoms with van der Waals surface area (Å²) in [5.74, 6) is -0.448. The first kappa shape index (κ1) is 11.8. The molecule has 0 unspecified atom stereocenters. The van der Waals surface area contributed by atoms with Crippen molar-refractivity contribution >= 4 is 17.3 Å². The Balaban J connectivity index is 2.29. The van der Waals surface area contributed by atoms with Crippen molar-refractivity contribution in [3.8, 4) is 0 Å². The van der Waals surface area contributed by atoms with E-state index in [-0.39, 0.29) is 11.4 Å². The van der Waals surface area contributed by atoms with Gasteiger partial charge in [0.25, 0.3) is 11.6 Å². The first-order chi connectivity index (χ1) is 8.58. The van der Waals surface area contributed by atoms with Crippen LogP contribution in [-0.4, -0.2) is 10.8 Å². The lowest BCUT2D eigenvalue weighted by molar-refractivity contribution is -0.384. The molecule has 0 spiro atoms. The van der Waals surface area contributed by atoms with Gasteiger partial charge in [0.15, 0.2) is 0 Å². The molecule has 92 valence electrons. The van der Waals surface area contributed by atoms with Gasteiger partial charge in [0.2, 0.25) is 0 Å². The third-order valence-corrected chi connectivity index (χ3v) is 2.38. The summed E-state index contributed by atoms with van der Waals surface area (Å²) in [4.78, 5) is 22.1. The minimum atomic E-state index is -0.530. The molecule has 1 amide bonds. The molecule has 2 aromatic rings. The van der Waals surface area contributed by atoms with Gasteiger partial charge in [0.05, 0.1) is 16.7 Å². The predicted molar refractivity (Wildman–Crippen MR) is 64.5 cm³/mol. The van der Waals surface area contributed by atoms with E-state index in [0.29, 0.717) is 5.56 Å². The van der Waals surface area contributed by atoms with Crippen LogP contribution in [0, 0.1) is 17.0 Å². The molecule has 1 aromatic carbocycles. The fourth-order valence-corrected chi connectivity index (χ4v) is 1.49. The number of nitrogens with one attached hydrogen (secondary N) is 1. The number of rotatable bonds is 3. The van der Waals surface area contributed by atoms with Gasteiger partial charge in [0.1, 0.15) is 12.0 Å². The number of carbonyl (C=O) groups is 1. The smallest absolute Gasteiger partial charge is 0.293 e. The molecular weight excluding hydrogens is 236 g/mol. The maximum absolute atomic E-state index is 11.7. The van der Waals surface area contributed by atoms with E-state index >= 15 is 0 Å². The first-order valence-electron chi connectivity index (χ1n) is 5.16. The number of benzene rings is 1. The Kier molecular flexibility index (Phi) is 3.09. The Labute approximate surface area is 102 Å². The van der Waals surface area contributed by atoms with Crippen molar-refractivity contribution in [3.63, 3.8) is 0 Å². The highest BCUT2D eigenvalue weighted by atomic mass is 16.6. The van der Waals surface area contributed by atoms with Crippen LogP contribution in [-0.2, 0) is 0 Å². The largest absolute Gasteiger partial charge is 0.472 e. The summed E-state index contributed by atoms with van der Waals surface area (Å²) in [6.45, 7) is 1.74. The number of hydrogen-bond acceptors (Lipinski definition) is 4. The van der Waals surface area contributed by atoms with Gasteiger partial charge in [-0.3, -0.25) is 14.9 Å². The number of nitro groups is 1. The van der Waals surface area contributed by atoms with Crippen molar-refractivity contribution in [2.45, 2.75) is 6.92 Å². The molecule has 0 aliphatic heterocycles. The minimum Gasteiger partial charge on any atom is -0.472 e. The van der Waals surface area contributed by atoms with Crippen molar-refractivity contribution in [2.75, 3.05) is 5.32 Å². The molecule has 0 fully saturated rings. The van der Waals surface area contributed by atoms with Gasteiger partial charge in [0, 0.05) is 6.07 Å².